The summed E-state index contributed by atoms with van der Waals surface area (Å²) >= 11 is 0. The molecule has 0 atom stereocenters. The van der Waals surface area contributed by atoms with Crippen LogP contribution < -0.4 is 5.73 Å². The van der Waals surface area contributed by atoms with Crippen molar-refractivity contribution in [2.45, 2.75) is 13.3 Å². The molecule has 0 aromatic carbocycles. The Balaban J connectivity index is 2.41. The van der Waals surface area contributed by atoms with Crippen molar-refractivity contribution in [2.24, 2.45) is 0 Å². The van der Waals surface area contributed by atoms with E-state index in [0.717, 1.165) is 17.9 Å². The summed E-state index contributed by atoms with van der Waals surface area (Å²) in [7, 11) is 0. The standard InChI is InChI=1S/C9H11N5/c1-2-7-5-9(12-6-11-7)14-4-3-8(10)13-14/h3-6H,2H2,1H3,(H2,10,13). The van der Waals surface area contributed by atoms with E-state index in [1.807, 2.05) is 13.0 Å². The van der Waals surface area contributed by atoms with Gasteiger partial charge in [0, 0.05) is 24.0 Å². The number of aryl methyl sites for hydroxylation is 1. The molecular weight excluding hydrogens is 178 g/mol. The Labute approximate surface area is 81.6 Å². The SMILES string of the molecule is CCc1cc(-n2ccc(N)n2)ncn1. The van der Waals surface area contributed by atoms with Crippen molar-refractivity contribution in [1.29, 1.82) is 0 Å². The maximum atomic E-state index is 5.51. The molecule has 72 valence electrons. The fourth-order valence-electron chi connectivity index (χ4n) is 1.17. The van der Waals surface area contributed by atoms with Gasteiger partial charge in [0.15, 0.2) is 5.82 Å². The molecule has 0 amide bonds. The van der Waals surface area contributed by atoms with Gasteiger partial charge in [-0.25, -0.2) is 14.6 Å². The lowest BCUT2D eigenvalue weighted by Crippen LogP contribution is -2.01. The molecule has 0 aliphatic heterocycles. The summed E-state index contributed by atoms with van der Waals surface area (Å²) in [4.78, 5) is 8.21. The number of hydrogen-bond donors (Lipinski definition) is 1. The van der Waals surface area contributed by atoms with Crippen LogP contribution in [0.3, 0.4) is 0 Å². The zero-order valence-corrected chi connectivity index (χ0v) is 7.88. The first-order chi connectivity index (χ1) is 6.79. The molecule has 0 bridgehead atoms. The zero-order valence-electron chi connectivity index (χ0n) is 7.88. The molecule has 2 heterocycles. The highest BCUT2D eigenvalue weighted by atomic mass is 15.3. The maximum Gasteiger partial charge on any atom is 0.157 e. The van der Waals surface area contributed by atoms with Crippen LogP contribution >= 0.6 is 0 Å². The summed E-state index contributed by atoms with van der Waals surface area (Å²) in [6.07, 6.45) is 4.19. The largest absolute Gasteiger partial charge is 0.382 e. The van der Waals surface area contributed by atoms with Crippen LogP contribution in [0, 0.1) is 0 Å². The average molecular weight is 189 g/mol. The molecule has 14 heavy (non-hydrogen) atoms. The third kappa shape index (κ3) is 1.56. The quantitative estimate of drug-likeness (QED) is 0.758. The number of nitrogens with zero attached hydrogens (tertiary/aromatic N) is 4. The lowest BCUT2D eigenvalue weighted by molar-refractivity contribution is 0.832. The van der Waals surface area contributed by atoms with Crippen LogP contribution in [0.25, 0.3) is 5.82 Å². The Morgan fingerprint density at radius 3 is 2.93 bits per heavy atom. The van der Waals surface area contributed by atoms with E-state index in [9.17, 15) is 0 Å². The van der Waals surface area contributed by atoms with Gasteiger partial charge < -0.3 is 5.73 Å². The van der Waals surface area contributed by atoms with Crippen LogP contribution in [0.2, 0.25) is 0 Å². The molecule has 2 N–H and O–H groups in total. The normalized spacial score (nSPS) is 10.4. The van der Waals surface area contributed by atoms with E-state index >= 15 is 0 Å². The van der Waals surface area contributed by atoms with Crippen LogP contribution in [0.1, 0.15) is 12.6 Å². The zero-order chi connectivity index (χ0) is 9.97. The van der Waals surface area contributed by atoms with Gasteiger partial charge in [-0.05, 0) is 6.42 Å². The van der Waals surface area contributed by atoms with Crippen LogP contribution in [-0.4, -0.2) is 19.7 Å². The van der Waals surface area contributed by atoms with Crippen molar-refractivity contribution in [3.63, 3.8) is 0 Å². The molecule has 0 saturated heterocycles. The van der Waals surface area contributed by atoms with Crippen molar-refractivity contribution < 1.29 is 0 Å². The van der Waals surface area contributed by atoms with Gasteiger partial charge in [-0.1, -0.05) is 6.92 Å². The molecule has 0 aliphatic carbocycles. The average Bonchev–Trinajstić information content (AvgIpc) is 2.65. The molecule has 0 spiro atoms. The second kappa shape index (κ2) is 3.45. The van der Waals surface area contributed by atoms with E-state index in [-0.39, 0.29) is 0 Å². The lowest BCUT2D eigenvalue weighted by Gasteiger charge is -2.00. The van der Waals surface area contributed by atoms with Gasteiger partial charge in [0.05, 0.1) is 0 Å². The molecule has 0 radical (unpaired) electrons. The molecule has 5 nitrogen and oxygen atoms in total. The lowest BCUT2D eigenvalue weighted by atomic mass is 10.3. The number of anilines is 1. The topological polar surface area (TPSA) is 69.6 Å². The summed E-state index contributed by atoms with van der Waals surface area (Å²) in [6, 6.07) is 3.63. The first kappa shape index (κ1) is 8.68. The Bertz CT molecular complexity index is 434. The smallest absolute Gasteiger partial charge is 0.157 e. The summed E-state index contributed by atoms with van der Waals surface area (Å²) in [6.45, 7) is 2.05. The highest BCUT2D eigenvalue weighted by molar-refractivity contribution is 5.30. The second-order valence-electron chi connectivity index (χ2n) is 2.91. The summed E-state index contributed by atoms with van der Waals surface area (Å²) in [5.74, 6) is 1.23. The number of nitrogens with two attached hydrogens (primary N) is 1. The Morgan fingerprint density at radius 2 is 2.29 bits per heavy atom. The number of aromatic nitrogens is 4. The van der Waals surface area contributed by atoms with Gasteiger partial charge in [0.25, 0.3) is 0 Å². The minimum absolute atomic E-state index is 0.488. The van der Waals surface area contributed by atoms with Crippen molar-refractivity contribution in [2.75, 3.05) is 5.73 Å². The monoisotopic (exact) mass is 189 g/mol. The minimum Gasteiger partial charge on any atom is -0.382 e. The Kier molecular flexibility index (Phi) is 2.14. The first-order valence-corrected chi connectivity index (χ1v) is 4.42. The molecule has 0 aliphatic rings. The summed E-state index contributed by atoms with van der Waals surface area (Å²) in [5.41, 5.74) is 6.50. The second-order valence-corrected chi connectivity index (χ2v) is 2.91. The maximum absolute atomic E-state index is 5.51. The summed E-state index contributed by atoms with van der Waals surface area (Å²) in [5, 5.41) is 4.06. The molecule has 0 saturated carbocycles. The van der Waals surface area contributed by atoms with Crippen molar-refractivity contribution in [3.8, 4) is 5.82 Å². The van der Waals surface area contributed by atoms with E-state index in [0.29, 0.717) is 5.82 Å². The van der Waals surface area contributed by atoms with Crippen LogP contribution in [-0.2, 0) is 6.42 Å². The highest BCUT2D eigenvalue weighted by Crippen LogP contribution is 2.06. The third-order valence-corrected chi connectivity index (χ3v) is 1.92. The third-order valence-electron chi connectivity index (χ3n) is 1.92. The first-order valence-electron chi connectivity index (χ1n) is 4.42. The van der Waals surface area contributed by atoms with E-state index in [4.69, 9.17) is 5.73 Å². The number of rotatable bonds is 2. The van der Waals surface area contributed by atoms with Gasteiger partial charge in [0.2, 0.25) is 0 Å². The van der Waals surface area contributed by atoms with Crippen LogP contribution in [0.4, 0.5) is 5.82 Å². The van der Waals surface area contributed by atoms with Crippen molar-refractivity contribution in [1.82, 2.24) is 19.7 Å². The predicted octanol–water partition coefficient (Wildman–Crippen LogP) is 0.807. The van der Waals surface area contributed by atoms with Crippen LogP contribution in [0.5, 0.6) is 0 Å². The molecule has 5 heteroatoms. The van der Waals surface area contributed by atoms with Gasteiger partial charge in [-0.2, -0.15) is 0 Å². The molecule has 2 aromatic rings. The van der Waals surface area contributed by atoms with Gasteiger partial charge in [-0.15, -0.1) is 5.10 Å². The molecule has 0 fully saturated rings. The Morgan fingerprint density at radius 1 is 1.43 bits per heavy atom. The van der Waals surface area contributed by atoms with E-state index in [1.165, 1.54) is 6.33 Å². The van der Waals surface area contributed by atoms with E-state index < -0.39 is 0 Å². The molecule has 2 rings (SSSR count). The van der Waals surface area contributed by atoms with Crippen molar-refractivity contribution in [3.05, 3.63) is 30.4 Å². The van der Waals surface area contributed by atoms with E-state index in [1.54, 1.807) is 16.9 Å². The highest BCUT2D eigenvalue weighted by Gasteiger charge is 2.00. The number of hydrogen-bond acceptors (Lipinski definition) is 4. The molecule has 0 unspecified atom stereocenters. The fraction of sp³-hybridized carbons (Fsp3) is 0.222. The fourth-order valence-corrected chi connectivity index (χ4v) is 1.17. The van der Waals surface area contributed by atoms with E-state index in [2.05, 4.69) is 15.1 Å². The Hall–Kier alpha value is -1.91. The van der Waals surface area contributed by atoms with Gasteiger partial charge in [0.1, 0.15) is 12.1 Å². The number of nitrogen functional groups attached to an aromatic ring is 1. The minimum atomic E-state index is 0.488. The van der Waals surface area contributed by atoms with Gasteiger partial charge in [-0.3, -0.25) is 0 Å². The molecule has 2 aromatic heterocycles. The van der Waals surface area contributed by atoms with Gasteiger partial charge >= 0.3 is 0 Å². The summed E-state index contributed by atoms with van der Waals surface area (Å²) < 4.78 is 1.64. The van der Waals surface area contributed by atoms with Crippen molar-refractivity contribution >= 4 is 5.82 Å². The molecular formula is C9H11N5. The predicted molar refractivity (Wildman–Crippen MR) is 52.9 cm³/mol. The van der Waals surface area contributed by atoms with Crippen LogP contribution in [0.15, 0.2) is 24.7 Å².